The predicted molar refractivity (Wildman–Crippen MR) is 504 cm³/mol. The number of fused-ring (bicyclic) bond motifs is 18. The van der Waals surface area contributed by atoms with Crippen LogP contribution < -0.4 is 0 Å². The van der Waals surface area contributed by atoms with Crippen molar-refractivity contribution in [3.05, 3.63) is 392 Å². The molecule has 7 aromatic heterocycles. The number of nitrogens with zero attached hydrogens (tertiary/aromatic N) is 11. The van der Waals surface area contributed by atoms with E-state index in [1.165, 1.54) is 72.1 Å². The van der Waals surface area contributed by atoms with Crippen LogP contribution in [0.2, 0.25) is 0 Å². The summed E-state index contributed by atoms with van der Waals surface area (Å²) in [6.45, 7) is 13.8. The quantitative estimate of drug-likeness (QED) is 0.126. The number of hydrogen-bond acceptors (Lipinski definition) is 14. The largest absolute Gasteiger partial charge is 0.456 e. The molecule has 0 N–H and O–H groups in total. The van der Waals surface area contributed by atoms with Gasteiger partial charge in [0, 0.05) is 105 Å². The second-order valence-electron chi connectivity index (χ2n) is 34.0. The van der Waals surface area contributed by atoms with Gasteiger partial charge < -0.3 is 13.3 Å². The Morgan fingerprint density at radius 2 is 0.484 bits per heavy atom. The summed E-state index contributed by atoms with van der Waals surface area (Å²) in [5.74, 6) is 5.87. The highest BCUT2D eigenvalue weighted by atomic mass is 16.3. The van der Waals surface area contributed by atoms with Crippen LogP contribution in [-0.2, 0) is 16.2 Å². The molecule has 598 valence electrons. The van der Waals surface area contributed by atoms with Gasteiger partial charge in [0.05, 0.1) is 0 Å². The van der Waals surface area contributed by atoms with E-state index in [1.807, 2.05) is 194 Å². The molecule has 0 fully saturated rings. The Morgan fingerprint density at radius 3 is 0.952 bits per heavy atom. The van der Waals surface area contributed by atoms with Crippen LogP contribution in [0.25, 0.3) is 213 Å². The fourth-order valence-electron chi connectivity index (χ4n) is 19.0. The fraction of sp³-hybridized carbons (Fsp3) is 0.0804. The van der Waals surface area contributed by atoms with Crippen LogP contribution >= 0.6 is 0 Å². The van der Waals surface area contributed by atoms with Crippen molar-refractivity contribution in [2.45, 2.75) is 57.8 Å². The average molecular weight is 1620 g/mol. The van der Waals surface area contributed by atoms with Crippen LogP contribution in [-0.4, -0.2) is 54.8 Å². The first-order valence-electron chi connectivity index (χ1n) is 42.4. The minimum absolute atomic E-state index is 0.104. The van der Waals surface area contributed by atoms with Crippen LogP contribution in [0.4, 0.5) is 0 Å². The molecule has 3 aliphatic rings. The number of aromatic nitrogens is 11. The molecule has 15 aromatic carbocycles. The molecule has 22 aromatic rings. The van der Waals surface area contributed by atoms with Crippen molar-refractivity contribution in [3.8, 4) is 147 Å². The lowest BCUT2D eigenvalue weighted by Gasteiger charge is -2.22. The lowest BCUT2D eigenvalue weighted by molar-refractivity contribution is 0.657. The van der Waals surface area contributed by atoms with Gasteiger partial charge in [0.15, 0.2) is 52.4 Å². The molecule has 126 heavy (non-hydrogen) atoms. The summed E-state index contributed by atoms with van der Waals surface area (Å²) >= 11 is 0. The van der Waals surface area contributed by atoms with Crippen LogP contribution in [0, 0.1) is 0 Å². The van der Waals surface area contributed by atoms with Gasteiger partial charge in [0.25, 0.3) is 0 Å². The van der Waals surface area contributed by atoms with E-state index in [-0.39, 0.29) is 16.2 Å². The molecule has 14 heteroatoms. The Kier molecular flexibility index (Phi) is 17.6. The molecule has 0 atom stereocenters. The highest BCUT2D eigenvalue weighted by Gasteiger charge is 2.40. The van der Waals surface area contributed by atoms with E-state index in [0.29, 0.717) is 58.2 Å². The minimum atomic E-state index is -0.159. The highest BCUT2D eigenvalue weighted by Crippen LogP contribution is 2.56. The Bertz CT molecular complexity index is 7630. The number of hydrogen-bond donors (Lipinski definition) is 0. The number of benzene rings is 15. The normalized spacial score (nSPS) is 13.3. The lowest BCUT2D eigenvalue weighted by Crippen LogP contribution is -2.15. The summed E-state index contributed by atoms with van der Waals surface area (Å²) in [6, 6.07) is 119. The molecule has 0 saturated heterocycles. The van der Waals surface area contributed by atoms with Gasteiger partial charge >= 0.3 is 0 Å². The van der Waals surface area contributed by atoms with Crippen LogP contribution in [0.3, 0.4) is 0 Å². The average Bonchev–Trinajstić information content (AvgIpc) is 1.57. The molecular formula is C112H77N11O3. The number of rotatable bonds is 10. The van der Waals surface area contributed by atoms with Crippen molar-refractivity contribution in [2.75, 3.05) is 0 Å². The monoisotopic (exact) mass is 1620 g/mol. The first-order valence-corrected chi connectivity index (χ1v) is 42.4. The first kappa shape index (κ1) is 74.8. The molecule has 0 amide bonds. The molecule has 0 unspecified atom stereocenters. The SMILES string of the molecule is CC1(C)c2cc(-c3cccc(-c4nc(-c5ccccc5)nc(-c5ccccc5)n4)c3)ccc2-c2cc3oc4ccccc4c3cc21.CC1(C)c2ccccc2-c2cc3oc4cccc(-c5nc(-c6ccccc6)nc(-c6ccccc6)n5)c4c3cc21.CC1(C)c2ccccc2-c2cc3oc4cccc(-c5nc(-c6ccccc6)nc(-c6ncccn6)n5)c4c3cc21. The van der Waals surface area contributed by atoms with E-state index in [9.17, 15) is 0 Å². The zero-order valence-electron chi connectivity index (χ0n) is 69.7. The van der Waals surface area contributed by atoms with Gasteiger partial charge in [-0.25, -0.2) is 54.8 Å². The van der Waals surface area contributed by atoms with Gasteiger partial charge in [-0.2, -0.15) is 0 Å². The Hall–Kier alpha value is -16.2. The Balaban J connectivity index is 0.000000109. The van der Waals surface area contributed by atoms with Crippen molar-refractivity contribution in [2.24, 2.45) is 0 Å². The molecule has 0 bridgehead atoms. The standard InChI is InChI=1S/C42H29N3O.C36H25N3O.C34H23N5O/c1-42(2)35-23-29(20-21-31(35)33-25-38-34(24-36(33)42)32-18-9-10-19-37(32)46-38)28-16-11-17-30(22-28)41-44-39(26-12-5-3-6-13-26)43-40(45-41)27-14-7-4-8-15-27;1-36(2)28-18-10-9-16-24(28)26-21-31-27(20-29(26)36)32-25(17-11-19-30(32)40-31)35-38-33(22-12-5-3-6-13-22)37-34(39-35)23-14-7-4-8-15-23;1-34(2)25-14-7-6-12-21(25)23-19-28-24(18-26(23)34)29-22(13-8-15-27(29)40-28)31-37-30(20-10-4-3-5-11-20)38-33(39-31)32-35-16-9-17-36-32/h3-25H,1-2H3;3-21H,1-2H3;3-19H,1-2H3. The second kappa shape index (κ2) is 29.6. The molecule has 0 aliphatic heterocycles. The van der Waals surface area contributed by atoms with Crippen molar-refractivity contribution < 1.29 is 13.3 Å². The molecule has 0 saturated carbocycles. The van der Waals surface area contributed by atoms with Gasteiger partial charge in [-0.05, 0) is 151 Å². The molecule has 25 rings (SSSR count). The van der Waals surface area contributed by atoms with Crippen molar-refractivity contribution >= 4 is 65.8 Å². The maximum absolute atomic E-state index is 6.48. The molecule has 7 heterocycles. The van der Waals surface area contributed by atoms with Crippen LogP contribution in [0.5, 0.6) is 0 Å². The van der Waals surface area contributed by atoms with Gasteiger partial charge in [-0.3, -0.25) is 0 Å². The topological polar surface area (TPSA) is 181 Å². The molecule has 14 nitrogen and oxygen atoms in total. The van der Waals surface area contributed by atoms with Gasteiger partial charge in [-0.1, -0.05) is 315 Å². The third-order valence-electron chi connectivity index (χ3n) is 25.3. The van der Waals surface area contributed by atoms with Crippen molar-refractivity contribution in [1.29, 1.82) is 0 Å². The summed E-state index contributed by atoms with van der Waals surface area (Å²) in [4.78, 5) is 53.1. The molecule has 3 aliphatic carbocycles. The van der Waals surface area contributed by atoms with Crippen molar-refractivity contribution in [3.63, 3.8) is 0 Å². The van der Waals surface area contributed by atoms with E-state index >= 15 is 0 Å². The van der Waals surface area contributed by atoms with Gasteiger partial charge in [0.2, 0.25) is 5.82 Å². The summed E-state index contributed by atoms with van der Waals surface area (Å²) in [7, 11) is 0. The third-order valence-corrected chi connectivity index (χ3v) is 25.3. The van der Waals surface area contributed by atoms with E-state index in [0.717, 1.165) is 116 Å². The minimum Gasteiger partial charge on any atom is -0.456 e. The second-order valence-corrected chi connectivity index (χ2v) is 34.0. The fourth-order valence-corrected chi connectivity index (χ4v) is 19.0. The van der Waals surface area contributed by atoms with Crippen molar-refractivity contribution in [1.82, 2.24) is 54.8 Å². The first-order chi connectivity index (χ1) is 61.7. The van der Waals surface area contributed by atoms with Crippen LogP contribution in [0.1, 0.15) is 74.9 Å². The van der Waals surface area contributed by atoms with Gasteiger partial charge in [0.1, 0.15) is 33.5 Å². The summed E-state index contributed by atoms with van der Waals surface area (Å²) < 4.78 is 19.2. The Morgan fingerprint density at radius 1 is 0.175 bits per heavy atom. The predicted octanol–water partition coefficient (Wildman–Crippen LogP) is 27.7. The van der Waals surface area contributed by atoms with E-state index in [1.54, 1.807) is 18.5 Å². The summed E-state index contributed by atoms with van der Waals surface area (Å²) in [5.41, 5.74) is 30.0. The number of para-hydroxylation sites is 1. The number of furan rings is 3. The molecule has 0 radical (unpaired) electrons. The summed E-state index contributed by atoms with van der Waals surface area (Å²) in [6.07, 6.45) is 3.39. The lowest BCUT2D eigenvalue weighted by atomic mass is 9.81. The highest BCUT2D eigenvalue weighted by molar-refractivity contribution is 6.15. The summed E-state index contributed by atoms with van der Waals surface area (Å²) in [5, 5.41) is 6.46. The molecule has 0 spiro atoms. The maximum atomic E-state index is 6.48. The maximum Gasteiger partial charge on any atom is 0.201 e. The van der Waals surface area contributed by atoms with E-state index in [4.69, 9.17) is 58.1 Å². The van der Waals surface area contributed by atoms with E-state index in [2.05, 4.69) is 197 Å². The Labute approximate surface area is 725 Å². The third kappa shape index (κ3) is 12.7. The zero-order chi connectivity index (χ0) is 84.5. The van der Waals surface area contributed by atoms with Crippen LogP contribution in [0.15, 0.2) is 371 Å². The molecular weight excluding hydrogens is 1550 g/mol. The van der Waals surface area contributed by atoms with Gasteiger partial charge in [-0.15, -0.1) is 0 Å². The zero-order valence-corrected chi connectivity index (χ0v) is 69.7. The smallest absolute Gasteiger partial charge is 0.201 e. The van der Waals surface area contributed by atoms with E-state index < -0.39 is 0 Å².